The lowest BCUT2D eigenvalue weighted by Crippen LogP contribution is -2.21. The van der Waals surface area contributed by atoms with Crippen LogP contribution in [0.25, 0.3) is 0 Å². The summed E-state index contributed by atoms with van der Waals surface area (Å²) in [7, 11) is 0. The maximum atomic E-state index is 10.3. The summed E-state index contributed by atoms with van der Waals surface area (Å²) >= 11 is 0. The van der Waals surface area contributed by atoms with Gasteiger partial charge in [-0.1, -0.05) is 44.1 Å². The molecule has 2 aliphatic carbocycles. The molecule has 0 aromatic heterocycles. The highest BCUT2D eigenvalue weighted by Crippen LogP contribution is 2.61. The zero-order valence-electron chi connectivity index (χ0n) is 13.5. The van der Waals surface area contributed by atoms with Crippen molar-refractivity contribution in [2.75, 3.05) is 0 Å². The largest absolute Gasteiger partial charge is 0.508 e. The first kappa shape index (κ1) is 15.6. The van der Waals surface area contributed by atoms with E-state index in [1.165, 1.54) is 25.7 Å². The molecule has 2 fully saturated rings. The molecule has 2 heteroatoms. The number of hydrogen-bond acceptors (Lipinski definition) is 2. The average molecular weight is 300 g/mol. The fourth-order valence-electron chi connectivity index (χ4n) is 4.32. The summed E-state index contributed by atoms with van der Waals surface area (Å²) in [4.78, 5) is 0. The molecule has 1 aromatic carbocycles. The second kappa shape index (κ2) is 6.87. The van der Waals surface area contributed by atoms with Crippen molar-refractivity contribution in [1.82, 2.24) is 0 Å². The zero-order valence-corrected chi connectivity index (χ0v) is 13.5. The highest BCUT2D eigenvalue weighted by atomic mass is 16.3. The van der Waals surface area contributed by atoms with Gasteiger partial charge in [0.2, 0.25) is 0 Å². The number of unbranched alkanes of at least 4 members (excludes halogenated alkanes) is 3. The number of hydrogen-bond donors (Lipinski definition) is 2. The van der Waals surface area contributed by atoms with Gasteiger partial charge in [-0.05, 0) is 67.1 Å². The SMILES string of the molecule is CCCCC/C=C/C1C2CC(O)C(Cc3cccc(O)c3)C12. The van der Waals surface area contributed by atoms with E-state index in [0.717, 1.165) is 18.4 Å². The number of phenolic OH excluding ortho intramolecular Hbond substituents is 1. The first-order chi connectivity index (χ1) is 10.7. The molecule has 0 aliphatic heterocycles. The second-order valence-corrected chi connectivity index (χ2v) is 7.08. The Morgan fingerprint density at radius 1 is 1.27 bits per heavy atom. The van der Waals surface area contributed by atoms with Gasteiger partial charge in [-0.2, -0.15) is 0 Å². The topological polar surface area (TPSA) is 40.5 Å². The van der Waals surface area contributed by atoms with Crippen molar-refractivity contribution in [2.45, 2.75) is 51.6 Å². The Bertz CT molecular complexity index is 522. The van der Waals surface area contributed by atoms with Crippen LogP contribution in [-0.4, -0.2) is 16.3 Å². The number of aliphatic hydroxyl groups is 1. The average Bonchev–Trinajstić information content (AvgIpc) is 3.06. The molecule has 5 atom stereocenters. The van der Waals surface area contributed by atoms with Gasteiger partial charge in [-0.15, -0.1) is 0 Å². The van der Waals surface area contributed by atoms with Gasteiger partial charge in [-0.3, -0.25) is 0 Å². The van der Waals surface area contributed by atoms with Gasteiger partial charge in [-0.25, -0.2) is 0 Å². The Morgan fingerprint density at radius 3 is 2.91 bits per heavy atom. The van der Waals surface area contributed by atoms with Crippen LogP contribution >= 0.6 is 0 Å². The lowest BCUT2D eigenvalue weighted by Gasteiger charge is -2.19. The first-order valence-electron chi connectivity index (χ1n) is 8.83. The number of benzene rings is 1. The molecule has 0 spiro atoms. The van der Waals surface area contributed by atoms with Crippen LogP contribution in [0.2, 0.25) is 0 Å². The maximum absolute atomic E-state index is 10.3. The molecule has 2 N–H and O–H groups in total. The molecule has 2 aliphatic rings. The summed E-state index contributed by atoms with van der Waals surface area (Å²) in [5.74, 6) is 2.72. The molecule has 0 heterocycles. The Hall–Kier alpha value is -1.28. The molecule has 1 aromatic rings. The summed E-state index contributed by atoms with van der Waals surface area (Å²) in [5, 5.41) is 19.9. The predicted molar refractivity (Wildman–Crippen MR) is 89.7 cm³/mol. The van der Waals surface area contributed by atoms with Crippen LogP contribution in [0.15, 0.2) is 36.4 Å². The third kappa shape index (κ3) is 3.38. The van der Waals surface area contributed by atoms with Gasteiger partial charge in [0, 0.05) is 0 Å². The monoisotopic (exact) mass is 300 g/mol. The van der Waals surface area contributed by atoms with Crippen molar-refractivity contribution in [1.29, 1.82) is 0 Å². The van der Waals surface area contributed by atoms with E-state index in [4.69, 9.17) is 0 Å². The van der Waals surface area contributed by atoms with Crippen molar-refractivity contribution < 1.29 is 10.2 Å². The van der Waals surface area contributed by atoms with Gasteiger partial charge < -0.3 is 10.2 Å². The molecule has 2 nitrogen and oxygen atoms in total. The number of allylic oxidation sites excluding steroid dienone is 2. The molecular formula is C20H28O2. The van der Waals surface area contributed by atoms with Crippen molar-refractivity contribution in [3.05, 3.63) is 42.0 Å². The van der Waals surface area contributed by atoms with E-state index in [0.29, 0.717) is 29.4 Å². The van der Waals surface area contributed by atoms with Crippen LogP contribution in [-0.2, 0) is 6.42 Å². The number of rotatable bonds is 7. The molecular weight excluding hydrogens is 272 g/mol. The minimum absolute atomic E-state index is 0.165. The molecule has 0 radical (unpaired) electrons. The van der Waals surface area contributed by atoms with Gasteiger partial charge in [0.15, 0.2) is 0 Å². The second-order valence-electron chi connectivity index (χ2n) is 7.08. The van der Waals surface area contributed by atoms with Crippen LogP contribution in [0.4, 0.5) is 0 Å². The van der Waals surface area contributed by atoms with Gasteiger partial charge in [0.25, 0.3) is 0 Å². The Morgan fingerprint density at radius 2 is 2.14 bits per heavy atom. The molecule has 120 valence electrons. The number of fused-ring (bicyclic) bond motifs is 1. The van der Waals surface area contributed by atoms with Crippen molar-refractivity contribution in [3.63, 3.8) is 0 Å². The maximum Gasteiger partial charge on any atom is 0.115 e. The molecule has 0 amide bonds. The van der Waals surface area contributed by atoms with Crippen molar-refractivity contribution in [2.24, 2.45) is 23.7 Å². The number of phenols is 1. The molecule has 5 unspecified atom stereocenters. The predicted octanol–water partition coefficient (Wildman–Crippen LogP) is 4.31. The van der Waals surface area contributed by atoms with E-state index >= 15 is 0 Å². The Balaban J connectivity index is 1.54. The summed E-state index contributed by atoms with van der Waals surface area (Å²) in [6.45, 7) is 2.24. The Kier molecular flexibility index (Phi) is 4.87. The lowest BCUT2D eigenvalue weighted by atomic mass is 9.90. The third-order valence-electron chi connectivity index (χ3n) is 5.51. The fraction of sp³-hybridized carbons (Fsp3) is 0.600. The van der Waals surface area contributed by atoms with Gasteiger partial charge in [0.1, 0.15) is 5.75 Å². The van der Waals surface area contributed by atoms with Gasteiger partial charge >= 0.3 is 0 Å². The normalized spacial score (nSPS) is 33.3. The molecule has 3 rings (SSSR count). The molecule has 2 saturated carbocycles. The minimum Gasteiger partial charge on any atom is -0.508 e. The van der Waals surface area contributed by atoms with Crippen LogP contribution in [0.3, 0.4) is 0 Å². The van der Waals surface area contributed by atoms with Crippen LogP contribution < -0.4 is 0 Å². The van der Waals surface area contributed by atoms with Crippen LogP contribution in [0.1, 0.15) is 44.6 Å². The minimum atomic E-state index is -0.165. The number of aromatic hydroxyl groups is 1. The Labute approximate surface area is 133 Å². The standard InChI is InChI=1S/C20H28O2/c1-2-3-4-5-6-10-16-17-13-19(22)18(20(16)17)12-14-8-7-9-15(21)11-14/h6-11,16-22H,2-5,12-13H2,1H3/b10-6+. The summed E-state index contributed by atoms with van der Waals surface area (Å²) in [6, 6.07) is 7.48. The molecule has 22 heavy (non-hydrogen) atoms. The lowest BCUT2D eigenvalue weighted by molar-refractivity contribution is 0.108. The third-order valence-corrected chi connectivity index (χ3v) is 5.51. The summed E-state index contributed by atoms with van der Waals surface area (Å²) < 4.78 is 0. The van der Waals surface area contributed by atoms with E-state index in [9.17, 15) is 10.2 Å². The van der Waals surface area contributed by atoms with Crippen LogP contribution in [0.5, 0.6) is 5.75 Å². The first-order valence-corrected chi connectivity index (χ1v) is 8.83. The van der Waals surface area contributed by atoms with E-state index < -0.39 is 0 Å². The fourth-order valence-corrected chi connectivity index (χ4v) is 4.32. The van der Waals surface area contributed by atoms with Crippen molar-refractivity contribution in [3.8, 4) is 5.75 Å². The van der Waals surface area contributed by atoms with E-state index in [1.807, 2.05) is 12.1 Å². The van der Waals surface area contributed by atoms with E-state index in [2.05, 4.69) is 25.1 Å². The van der Waals surface area contributed by atoms with E-state index in [-0.39, 0.29) is 6.10 Å². The van der Waals surface area contributed by atoms with Gasteiger partial charge in [0.05, 0.1) is 6.10 Å². The van der Waals surface area contributed by atoms with E-state index in [1.54, 1.807) is 6.07 Å². The quantitative estimate of drug-likeness (QED) is 0.582. The smallest absolute Gasteiger partial charge is 0.115 e. The zero-order chi connectivity index (χ0) is 15.5. The molecule has 0 saturated heterocycles. The van der Waals surface area contributed by atoms with Crippen molar-refractivity contribution >= 4 is 0 Å². The highest BCUT2D eigenvalue weighted by molar-refractivity contribution is 5.29. The van der Waals surface area contributed by atoms with Crippen LogP contribution in [0, 0.1) is 23.7 Å². The summed E-state index contributed by atoms with van der Waals surface area (Å²) in [6.07, 6.45) is 11.5. The summed E-state index contributed by atoms with van der Waals surface area (Å²) in [5.41, 5.74) is 1.14. The number of aliphatic hydroxyl groups excluding tert-OH is 1. The molecule has 0 bridgehead atoms. The highest BCUT2D eigenvalue weighted by Gasteiger charge is 2.59.